The minimum atomic E-state index is -5.72. The molecule has 76 heavy (non-hydrogen) atoms. The van der Waals surface area contributed by atoms with Crippen molar-refractivity contribution in [2.75, 3.05) is 25.6 Å². The number of Topliss-reactive ketones (excluding diaryl/α,β-unsaturated/α-hetero) is 1. The molecule has 0 saturated carbocycles. The van der Waals surface area contributed by atoms with Crippen LogP contribution in [-0.2, 0) is 51.1 Å². The Labute approximate surface area is 449 Å². The van der Waals surface area contributed by atoms with Crippen molar-refractivity contribution >= 4 is 39.2 Å². The summed E-state index contributed by atoms with van der Waals surface area (Å²) >= 11 is 0. The second kappa shape index (κ2) is 36.9. The standard InChI is InChI=1S/C53H91N3O18P2/c1-4-6-21-27-40(57)31-32-42-44(58)35-45(59)43-28-23-19-20-25-30-49(61)72-41(36-69-48(60)29-24-18-16-14-12-10-8-7-9-11-13-15-17-22-26-39(3)5-2)37-70-75(65,66)74-76(67,68)71-38-46(51(63)50(42)62)73-52(43)56-34-33-47(54)55-53(56)64/h19,23,31-34,39-44,46,50-52,57-58,62-63H,4-18,20-22,24-30,35-38H2,1-3H3,(H,65,66)(H,67,68)(H2,54,55,64)/t39?,40-,41+,42-,43-,44+,46+,50-,51+,52+/m0/s1. The van der Waals surface area contributed by atoms with Gasteiger partial charge in [0.05, 0.1) is 37.4 Å². The third kappa shape index (κ3) is 27.1. The molecule has 21 nitrogen and oxygen atoms in total. The van der Waals surface area contributed by atoms with E-state index in [1.807, 2.05) is 6.92 Å². The molecule has 2 bridgehead atoms. The van der Waals surface area contributed by atoms with Crippen LogP contribution in [0.25, 0.3) is 0 Å². The molecule has 0 spiro atoms. The van der Waals surface area contributed by atoms with Crippen molar-refractivity contribution in [1.82, 2.24) is 9.55 Å². The molecule has 2 aliphatic rings. The lowest BCUT2D eigenvalue weighted by Gasteiger charge is -2.38. The summed E-state index contributed by atoms with van der Waals surface area (Å²) in [6.07, 6.45) is 15.8. The van der Waals surface area contributed by atoms with Crippen molar-refractivity contribution in [1.29, 1.82) is 0 Å². The van der Waals surface area contributed by atoms with E-state index in [2.05, 4.69) is 23.1 Å². The molecule has 1 saturated heterocycles. The molecule has 3 unspecified atom stereocenters. The van der Waals surface area contributed by atoms with Crippen molar-refractivity contribution in [2.45, 2.75) is 231 Å². The molecule has 8 N–H and O–H groups in total. The Morgan fingerprint density at radius 1 is 0.855 bits per heavy atom. The number of aliphatic hydroxyl groups excluding tert-OH is 4. The van der Waals surface area contributed by atoms with Gasteiger partial charge in [0, 0.05) is 31.4 Å². The largest absolute Gasteiger partial charge is 0.481 e. The van der Waals surface area contributed by atoms with Crippen LogP contribution in [0.5, 0.6) is 0 Å². The molecule has 0 aliphatic carbocycles. The number of hydrogen-bond donors (Lipinski definition) is 7. The molecular formula is C53H91N3O18P2. The second-order valence-electron chi connectivity index (χ2n) is 20.5. The average Bonchev–Trinajstić information content (AvgIpc) is 3.36. The number of anilines is 1. The number of fused-ring (bicyclic) bond motifs is 3. The van der Waals surface area contributed by atoms with Crippen LogP contribution in [0.3, 0.4) is 0 Å². The van der Waals surface area contributed by atoms with Gasteiger partial charge >= 0.3 is 33.3 Å². The summed E-state index contributed by atoms with van der Waals surface area (Å²) in [7, 11) is -11.3. The quantitative estimate of drug-likeness (QED) is 0.0187. The first-order valence-corrected chi connectivity index (χ1v) is 30.8. The van der Waals surface area contributed by atoms with Crippen LogP contribution in [0.15, 0.2) is 41.4 Å². The van der Waals surface area contributed by atoms with E-state index in [-0.39, 0.29) is 37.9 Å². The fourth-order valence-corrected chi connectivity index (χ4v) is 11.2. The Balaban J connectivity index is 1.70. The number of hydrogen-bond acceptors (Lipinski definition) is 18. The summed E-state index contributed by atoms with van der Waals surface area (Å²) in [5.41, 5.74) is 4.73. The molecule has 1 aromatic heterocycles. The van der Waals surface area contributed by atoms with Gasteiger partial charge in [0.2, 0.25) is 0 Å². The van der Waals surface area contributed by atoms with Gasteiger partial charge in [0.15, 0.2) is 6.10 Å². The number of allylic oxidation sites excluding steroid dienone is 2. The number of rotatable bonds is 27. The van der Waals surface area contributed by atoms with Gasteiger partial charge in [-0.25, -0.2) is 13.9 Å². The van der Waals surface area contributed by atoms with Gasteiger partial charge in [-0.05, 0) is 44.1 Å². The maximum atomic E-state index is 14.3. The van der Waals surface area contributed by atoms with Crippen molar-refractivity contribution in [2.24, 2.45) is 17.8 Å². The Bertz CT molecular complexity index is 2060. The minimum Gasteiger partial charge on any atom is -0.462 e. The molecule has 12 atom stereocenters. The molecule has 0 aromatic carbocycles. The van der Waals surface area contributed by atoms with E-state index in [1.165, 1.54) is 88.8 Å². The normalized spacial score (nSPS) is 28.7. The van der Waals surface area contributed by atoms with E-state index in [0.29, 0.717) is 19.3 Å². The number of nitrogen functional groups attached to an aromatic ring is 1. The molecule has 1 aromatic rings. The number of aliphatic hydroxyl groups is 4. The predicted octanol–water partition coefficient (Wildman–Crippen LogP) is 8.62. The van der Waals surface area contributed by atoms with Gasteiger partial charge in [-0.2, -0.15) is 9.29 Å². The number of phosphoric ester groups is 2. The van der Waals surface area contributed by atoms with Gasteiger partial charge in [0.25, 0.3) is 0 Å². The van der Waals surface area contributed by atoms with Crippen molar-refractivity contribution in [3.8, 4) is 0 Å². The molecule has 23 heteroatoms. The summed E-state index contributed by atoms with van der Waals surface area (Å²) in [5, 5.41) is 45.5. The number of esters is 2. The summed E-state index contributed by atoms with van der Waals surface area (Å²) in [5.74, 6) is -4.28. The maximum absolute atomic E-state index is 14.3. The zero-order valence-corrected chi connectivity index (χ0v) is 47.0. The van der Waals surface area contributed by atoms with Crippen LogP contribution in [0.2, 0.25) is 0 Å². The number of cyclic esters (lactones) is 1. The summed E-state index contributed by atoms with van der Waals surface area (Å²) in [4.78, 5) is 78.4. The van der Waals surface area contributed by atoms with E-state index in [9.17, 15) is 58.5 Å². The van der Waals surface area contributed by atoms with Crippen LogP contribution in [0.4, 0.5) is 5.82 Å². The Kier molecular flexibility index (Phi) is 32.6. The van der Waals surface area contributed by atoms with Gasteiger partial charge in [-0.1, -0.05) is 161 Å². The van der Waals surface area contributed by atoms with Crippen LogP contribution in [0.1, 0.15) is 194 Å². The summed E-state index contributed by atoms with van der Waals surface area (Å²) in [6, 6.07) is 1.22. The van der Waals surface area contributed by atoms with E-state index in [1.54, 1.807) is 12.2 Å². The number of ether oxygens (including phenoxy) is 3. The first kappa shape index (κ1) is 67.1. The number of ketones is 1. The summed E-state index contributed by atoms with van der Waals surface area (Å²) in [6.45, 7) is 3.82. The third-order valence-corrected chi connectivity index (χ3v) is 16.5. The molecule has 2 aliphatic heterocycles. The highest BCUT2D eigenvalue weighted by Crippen LogP contribution is 2.60. The fraction of sp³-hybridized carbons (Fsp3) is 0.792. The summed E-state index contributed by atoms with van der Waals surface area (Å²) < 4.78 is 58.9. The van der Waals surface area contributed by atoms with Crippen LogP contribution in [-0.4, -0.2) is 114 Å². The van der Waals surface area contributed by atoms with E-state index < -0.39 is 120 Å². The molecule has 436 valence electrons. The first-order valence-electron chi connectivity index (χ1n) is 27.8. The maximum Gasteiger partial charge on any atom is 0.481 e. The zero-order chi connectivity index (χ0) is 55.9. The van der Waals surface area contributed by atoms with Gasteiger partial charge in [-0.3, -0.25) is 28.0 Å². The molecule has 3 heterocycles. The van der Waals surface area contributed by atoms with Crippen molar-refractivity contribution < 1.29 is 81.3 Å². The lowest BCUT2D eigenvalue weighted by molar-refractivity contribution is -0.183. The number of carbonyl (C=O) groups excluding carboxylic acids is 3. The third-order valence-electron chi connectivity index (χ3n) is 13.9. The highest BCUT2D eigenvalue weighted by Gasteiger charge is 2.45. The highest BCUT2D eigenvalue weighted by atomic mass is 31.3. The molecule has 3 rings (SSSR count). The number of unbranched alkanes of at least 4 members (excludes halogenated alkanes) is 15. The second-order valence-corrected chi connectivity index (χ2v) is 23.5. The monoisotopic (exact) mass is 1120 g/mol. The molecular weight excluding hydrogens is 1030 g/mol. The Morgan fingerprint density at radius 3 is 2.08 bits per heavy atom. The van der Waals surface area contributed by atoms with E-state index in [4.69, 9.17) is 29.0 Å². The fourth-order valence-electron chi connectivity index (χ4n) is 9.10. The van der Waals surface area contributed by atoms with Gasteiger partial charge < -0.3 is 50.2 Å². The highest BCUT2D eigenvalue weighted by molar-refractivity contribution is 7.61. The van der Waals surface area contributed by atoms with Crippen molar-refractivity contribution in [3.05, 3.63) is 47.1 Å². The number of aromatic nitrogens is 2. The SMILES string of the molecule is CCCCC[C@H](O)C=C[C@@H]1[C@H](O)[C@H](O)[C@H]2COP(=O)(O)OP(=O)(O)OC[C@@H](COC(=O)CCCCCCCCCCCCCCCCC(C)CC)OC(=O)CCCC=CC[C@@H](C(=O)C[C@H]1O)[C@H](n1ccc(N)nc1=O)O2. The lowest BCUT2D eigenvalue weighted by atomic mass is 9.83. The number of phosphoric acid groups is 2. The average molecular weight is 1120 g/mol. The molecule has 0 radical (unpaired) electrons. The Morgan fingerprint density at radius 2 is 1.46 bits per heavy atom. The predicted molar refractivity (Wildman–Crippen MR) is 285 cm³/mol. The topological polar surface area (TPSA) is 323 Å². The number of nitrogens with two attached hydrogens (primary N) is 1. The first-order chi connectivity index (χ1) is 36.3. The lowest BCUT2D eigenvalue weighted by Crippen LogP contribution is -2.51. The zero-order valence-electron chi connectivity index (χ0n) is 45.2. The van der Waals surface area contributed by atoms with Crippen LogP contribution < -0.4 is 11.4 Å². The number of carbonyl (C=O) groups is 3. The smallest absolute Gasteiger partial charge is 0.462 e. The minimum absolute atomic E-state index is 0.0789. The van der Waals surface area contributed by atoms with Gasteiger partial charge in [0.1, 0.15) is 36.6 Å². The Hall–Kier alpha value is -3.17. The van der Waals surface area contributed by atoms with Gasteiger partial charge in [-0.15, -0.1) is 0 Å². The van der Waals surface area contributed by atoms with E-state index in [0.717, 1.165) is 55.2 Å². The van der Waals surface area contributed by atoms with E-state index >= 15 is 0 Å². The number of nitrogens with zero attached hydrogens (tertiary/aromatic N) is 2. The van der Waals surface area contributed by atoms with Crippen LogP contribution in [0, 0.1) is 17.8 Å². The van der Waals surface area contributed by atoms with Crippen LogP contribution >= 0.6 is 15.6 Å². The molecule has 0 amide bonds. The van der Waals surface area contributed by atoms with Crippen molar-refractivity contribution in [3.63, 3.8) is 0 Å². The molecule has 1 fully saturated rings.